The van der Waals surface area contributed by atoms with E-state index in [2.05, 4.69) is 27.7 Å². The Balaban J connectivity index is 1.40. The summed E-state index contributed by atoms with van der Waals surface area (Å²) in [6, 6.07) is 20.8. The number of rotatable bonds is 5. The highest BCUT2D eigenvalue weighted by Crippen LogP contribution is 2.34. The number of carbonyl (C=O) groups is 1. The van der Waals surface area contributed by atoms with Gasteiger partial charge in [0.05, 0.1) is 15.7 Å². The topological polar surface area (TPSA) is 57.5 Å². The molecule has 33 heavy (non-hydrogen) atoms. The van der Waals surface area contributed by atoms with Crippen molar-refractivity contribution in [3.05, 3.63) is 87.9 Å². The molecule has 0 aliphatic carbocycles. The third-order valence-corrected chi connectivity index (χ3v) is 6.56. The molecule has 0 radical (unpaired) electrons. The number of benzene rings is 3. The summed E-state index contributed by atoms with van der Waals surface area (Å²) in [5.74, 6) is 0.435. The van der Waals surface area contributed by atoms with Crippen LogP contribution in [0.4, 0.5) is 5.69 Å². The second kappa shape index (κ2) is 9.57. The van der Waals surface area contributed by atoms with E-state index < -0.39 is 0 Å². The number of piperazine rings is 1. The molecule has 0 bridgehead atoms. The van der Waals surface area contributed by atoms with Gasteiger partial charge in [-0.15, -0.1) is 0 Å². The summed E-state index contributed by atoms with van der Waals surface area (Å²) >= 11 is 12.0. The average molecular weight is 480 g/mol. The number of nitrogens with zero attached hydrogens (tertiary/aromatic N) is 1. The number of para-hydroxylation sites is 1. The third-order valence-electron chi connectivity index (χ3n) is 5.82. The molecule has 7 heteroatoms. The Morgan fingerprint density at radius 2 is 1.79 bits per heavy atom. The van der Waals surface area contributed by atoms with Crippen molar-refractivity contribution < 1.29 is 9.21 Å². The van der Waals surface area contributed by atoms with Crippen molar-refractivity contribution in [2.45, 2.75) is 6.54 Å². The van der Waals surface area contributed by atoms with E-state index in [0.29, 0.717) is 27.1 Å². The highest BCUT2D eigenvalue weighted by molar-refractivity contribution is 6.42. The fourth-order valence-corrected chi connectivity index (χ4v) is 4.39. The van der Waals surface area contributed by atoms with Crippen LogP contribution in [0.1, 0.15) is 15.9 Å². The maximum Gasteiger partial charge on any atom is 0.255 e. The van der Waals surface area contributed by atoms with Crippen molar-refractivity contribution in [2.24, 2.45) is 0 Å². The van der Waals surface area contributed by atoms with E-state index in [1.54, 1.807) is 18.2 Å². The van der Waals surface area contributed by atoms with E-state index in [1.165, 1.54) is 5.56 Å². The van der Waals surface area contributed by atoms with Crippen LogP contribution in [0.5, 0.6) is 0 Å². The first-order valence-electron chi connectivity index (χ1n) is 10.9. The molecule has 1 aliphatic rings. The van der Waals surface area contributed by atoms with E-state index in [0.717, 1.165) is 49.3 Å². The van der Waals surface area contributed by atoms with Gasteiger partial charge in [-0.25, -0.2) is 0 Å². The fourth-order valence-electron chi connectivity index (χ4n) is 4.09. The Kier molecular flexibility index (Phi) is 6.38. The Labute approximate surface area is 202 Å². The van der Waals surface area contributed by atoms with Crippen molar-refractivity contribution in [1.29, 1.82) is 0 Å². The largest absolute Gasteiger partial charge is 0.456 e. The Morgan fingerprint density at radius 1 is 0.970 bits per heavy atom. The van der Waals surface area contributed by atoms with Gasteiger partial charge in [-0.2, -0.15) is 0 Å². The second-order valence-electron chi connectivity index (χ2n) is 8.14. The first kappa shape index (κ1) is 22.0. The number of fused-ring (bicyclic) bond motifs is 1. The molecule has 1 saturated heterocycles. The zero-order chi connectivity index (χ0) is 22.8. The molecule has 2 heterocycles. The fraction of sp³-hybridized carbons (Fsp3) is 0.192. The van der Waals surface area contributed by atoms with Crippen LogP contribution in [0, 0.1) is 0 Å². The van der Waals surface area contributed by atoms with Gasteiger partial charge in [0.1, 0.15) is 11.3 Å². The van der Waals surface area contributed by atoms with Gasteiger partial charge in [0.25, 0.3) is 5.91 Å². The first-order chi connectivity index (χ1) is 16.1. The molecule has 4 aromatic rings. The smallest absolute Gasteiger partial charge is 0.255 e. The van der Waals surface area contributed by atoms with E-state index >= 15 is 0 Å². The average Bonchev–Trinajstić information content (AvgIpc) is 3.25. The lowest BCUT2D eigenvalue weighted by molar-refractivity contribution is 0.102. The predicted octanol–water partition coefficient (Wildman–Crippen LogP) is 6.06. The number of carbonyl (C=O) groups excluding carboxylic acids is 1. The number of nitrogens with one attached hydrogen (secondary N) is 2. The molecular weight excluding hydrogens is 457 g/mol. The summed E-state index contributed by atoms with van der Waals surface area (Å²) in [7, 11) is 0. The zero-order valence-corrected chi connectivity index (χ0v) is 19.4. The summed E-state index contributed by atoms with van der Waals surface area (Å²) in [6.07, 6.45) is 0. The molecule has 2 N–H and O–H groups in total. The molecule has 1 amide bonds. The van der Waals surface area contributed by atoms with Crippen molar-refractivity contribution in [3.8, 4) is 11.3 Å². The molecule has 0 saturated carbocycles. The molecule has 1 fully saturated rings. The van der Waals surface area contributed by atoms with Crippen molar-refractivity contribution in [2.75, 3.05) is 31.5 Å². The zero-order valence-electron chi connectivity index (χ0n) is 17.9. The number of halogens is 2. The van der Waals surface area contributed by atoms with Gasteiger partial charge in [-0.3, -0.25) is 9.69 Å². The molecule has 1 aliphatic heterocycles. The second-order valence-corrected chi connectivity index (χ2v) is 8.95. The maximum absolute atomic E-state index is 12.8. The quantitative estimate of drug-likeness (QED) is 0.365. The van der Waals surface area contributed by atoms with Crippen LogP contribution in [0.2, 0.25) is 10.0 Å². The molecule has 168 valence electrons. The molecule has 5 nitrogen and oxygen atoms in total. The minimum Gasteiger partial charge on any atom is -0.456 e. The van der Waals surface area contributed by atoms with Crippen LogP contribution in [0.3, 0.4) is 0 Å². The van der Waals surface area contributed by atoms with Crippen LogP contribution in [-0.4, -0.2) is 37.0 Å². The van der Waals surface area contributed by atoms with Crippen LogP contribution in [0.25, 0.3) is 22.3 Å². The van der Waals surface area contributed by atoms with Crippen LogP contribution in [0.15, 0.2) is 71.1 Å². The Morgan fingerprint density at radius 3 is 2.61 bits per heavy atom. The number of hydrogen-bond donors (Lipinski definition) is 2. The summed E-state index contributed by atoms with van der Waals surface area (Å²) in [5.41, 5.74) is 3.98. The standard InChI is InChI=1S/C26H23Cl2N3O2/c27-21-7-6-18(14-22(21)28)26(32)30-23-4-2-1-3-20(23)25-15-19-13-17(5-8-24(19)33-25)16-31-11-9-29-10-12-31/h1-8,13-15,29H,9-12,16H2,(H,30,32). The van der Waals surface area contributed by atoms with Gasteiger partial charge in [0.2, 0.25) is 0 Å². The minimum absolute atomic E-state index is 0.268. The lowest BCUT2D eigenvalue weighted by atomic mass is 10.1. The van der Waals surface area contributed by atoms with Crippen molar-refractivity contribution in [1.82, 2.24) is 10.2 Å². The van der Waals surface area contributed by atoms with E-state index in [4.69, 9.17) is 27.6 Å². The SMILES string of the molecule is O=C(Nc1ccccc1-c1cc2cc(CN3CCNCC3)ccc2o1)c1ccc(Cl)c(Cl)c1. The highest BCUT2D eigenvalue weighted by atomic mass is 35.5. The van der Waals surface area contributed by atoms with Crippen molar-refractivity contribution in [3.63, 3.8) is 0 Å². The molecule has 5 rings (SSSR count). The minimum atomic E-state index is -0.268. The van der Waals surface area contributed by atoms with Crippen LogP contribution < -0.4 is 10.6 Å². The number of hydrogen-bond acceptors (Lipinski definition) is 4. The summed E-state index contributed by atoms with van der Waals surface area (Å²) in [5, 5.41) is 8.15. The Hall–Kier alpha value is -2.83. The van der Waals surface area contributed by atoms with Crippen LogP contribution in [-0.2, 0) is 6.54 Å². The van der Waals surface area contributed by atoms with Gasteiger partial charge in [-0.1, -0.05) is 41.4 Å². The van der Waals surface area contributed by atoms with Gasteiger partial charge in [-0.05, 0) is 54.1 Å². The molecule has 0 spiro atoms. The molecular formula is C26H23Cl2N3O2. The molecule has 3 aromatic carbocycles. The third kappa shape index (κ3) is 4.92. The number of amides is 1. The van der Waals surface area contributed by atoms with E-state index in [9.17, 15) is 4.79 Å². The van der Waals surface area contributed by atoms with Gasteiger partial charge >= 0.3 is 0 Å². The molecule has 0 atom stereocenters. The lowest BCUT2D eigenvalue weighted by Gasteiger charge is -2.27. The van der Waals surface area contributed by atoms with Gasteiger partial charge in [0, 0.05) is 49.2 Å². The molecule has 1 aromatic heterocycles. The summed E-state index contributed by atoms with van der Waals surface area (Å²) in [4.78, 5) is 15.3. The first-order valence-corrected chi connectivity index (χ1v) is 11.6. The summed E-state index contributed by atoms with van der Waals surface area (Å²) in [6.45, 7) is 5.10. The van der Waals surface area contributed by atoms with Gasteiger partial charge < -0.3 is 15.1 Å². The highest BCUT2D eigenvalue weighted by Gasteiger charge is 2.15. The van der Waals surface area contributed by atoms with E-state index in [1.807, 2.05) is 36.4 Å². The van der Waals surface area contributed by atoms with Crippen molar-refractivity contribution >= 4 is 45.8 Å². The summed E-state index contributed by atoms with van der Waals surface area (Å²) < 4.78 is 6.15. The number of furan rings is 1. The van der Waals surface area contributed by atoms with Gasteiger partial charge in [0.15, 0.2) is 0 Å². The predicted molar refractivity (Wildman–Crippen MR) is 134 cm³/mol. The maximum atomic E-state index is 12.8. The number of anilines is 1. The normalized spacial score (nSPS) is 14.5. The van der Waals surface area contributed by atoms with E-state index in [-0.39, 0.29) is 5.91 Å². The lowest BCUT2D eigenvalue weighted by Crippen LogP contribution is -2.42. The monoisotopic (exact) mass is 479 g/mol. The molecule has 0 unspecified atom stereocenters. The Bertz CT molecular complexity index is 1310. The van der Waals surface area contributed by atoms with Crippen LogP contribution >= 0.6 is 23.2 Å².